The van der Waals surface area contributed by atoms with Crippen molar-refractivity contribution < 1.29 is 4.74 Å². The van der Waals surface area contributed by atoms with Gasteiger partial charge in [-0.05, 0) is 87.4 Å². The number of piperidine rings is 1. The standard InChI is InChI=1S/C33H43N3O/c1-22-23(2)32-28(24(3)31(22)34)19-33(4,37-32)20-30(27-15-17-35-18-16-27)36-21-29(25-11-7-5-8-12-25)26-13-9-6-10-14-26/h5-14,27,29-30,35-36H,15-21,34H2,1-4H3. The van der Waals surface area contributed by atoms with Crippen LogP contribution in [0, 0.1) is 26.7 Å². The minimum absolute atomic E-state index is 0.240. The number of hydrogen-bond donors (Lipinski definition) is 3. The molecule has 2 aliphatic rings. The fourth-order valence-electron chi connectivity index (χ4n) is 6.52. The molecule has 37 heavy (non-hydrogen) atoms. The zero-order chi connectivity index (χ0) is 26.0. The van der Waals surface area contributed by atoms with E-state index in [-0.39, 0.29) is 5.60 Å². The van der Waals surface area contributed by atoms with Crippen LogP contribution in [0.25, 0.3) is 0 Å². The van der Waals surface area contributed by atoms with E-state index in [0.29, 0.717) is 17.9 Å². The van der Waals surface area contributed by atoms with Crippen LogP contribution < -0.4 is 21.1 Å². The van der Waals surface area contributed by atoms with E-state index < -0.39 is 0 Å². The number of benzene rings is 3. The Balaban J connectivity index is 1.39. The summed E-state index contributed by atoms with van der Waals surface area (Å²) in [5.74, 6) is 2.02. The molecule has 196 valence electrons. The Kier molecular flexibility index (Phi) is 7.60. The number of anilines is 1. The summed E-state index contributed by atoms with van der Waals surface area (Å²) in [4.78, 5) is 0. The van der Waals surface area contributed by atoms with Crippen LogP contribution in [0.1, 0.15) is 65.5 Å². The van der Waals surface area contributed by atoms with Gasteiger partial charge in [0.05, 0.1) is 0 Å². The number of nitrogens with one attached hydrogen (secondary N) is 2. The van der Waals surface area contributed by atoms with Gasteiger partial charge in [-0.2, -0.15) is 0 Å². The van der Waals surface area contributed by atoms with Gasteiger partial charge in [0.1, 0.15) is 11.4 Å². The zero-order valence-corrected chi connectivity index (χ0v) is 22.9. The van der Waals surface area contributed by atoms with Gasteiger partial charge in [-0.1, -0.05) is 60.7 Å². The lowest BCUT2D eigenvalue weighted by Gasteiger charge is -2.37. The summed E-state index contributed by atoms with van der Waals surface area (Å²) in [5.41, 5.74) is 14.7. The summed E-state index contributed by atoms with van der Waals surface area (Å²) in [7, 11) is 0. The third kappa shape index (κ3) is 5.42. The van der Waals surface area contributed by atoms with E-state index in [1.54, 1.807) is 0 Å². The second kappa shape index (κ2) is 10.9. The highest BCUT2D eigenvalue weighted by atomic mass is 16.5. The van der Waals surface area contributed by atoms with Crippen molar-refractivity contribution in [1.82, 2.24) is 10.6 Å². The normalized spacial score (nSPS) is 20.6. The molecule has 5 rings (SSSR count). The highest BCUT2D eigenvalue weighted by molar-refractivity contribution is 5.66. The first kappa shape index (κ1) is 25.8. The van der Waals surface area contributed by atoms with Crippen molar-refractivity contribution in [3.8, 4) is 5.75 Å². The van der Waals surface area contributed by atoms with Gasteiger partial charge in [0, 0.05) is 42.6 Å². The van der Waals surface area contributed by atoms with Crippen molar-refractivity contribution in [2.24, 2.45) is 5.92 Å². The van der Waals surface area contributed by atoms with Crippen LogP contribution in [0.2, 0.25) is 0 Å². The van der Waals surface area contributed by atoms with Crippen molar-refractivity contribution in [2.75, 3.05) is 25.4 Å². The molecule has 0 spiro atoms. The quantitative estimate of drug-likeness (QED) is 0.331. The number of rotatable bonds is 8. The molecule has 0 radical (unpaired) electrons. The second-order valence-corrected chi connectivity index (χ2v) is 11.5. The number of fused-ring (bicyclic) bond motifs is 1. The van der Waals surface area contributed by atoms with Gasteiger partial charge in [-0.15, -0.1) is 0 Å². The van der Waals surface area contributed by atoms with E-state index in [1.165, 1.54) is 40.7 Å². The molecule has 0 saturated carbocycles. The first-order valence-electron chi connectivity index (χ1n) is 14.0. The summed E-state index contributed by atoms with van der Waals surface area (Å²) in [6.45, 7) is 11.8. The van der Waals surface area contributed by atoms with E-state index >= 15 is 0 Å². The van der Waals surface area contributed by atoms with Crippen molar-refractivity contribution in [3.63, 3.8) is 0 Å². The molecular formula is C33H43N3O. The number of ether oxygens (including phenoxy) is 1. The van der Waals surface area contributed by atoms with Gasteiger partial charge in [0.15, 0.2) is 0 Å². The molecule has 4 N–H and O–H groups in total. The van der Waals surface area contributed by atoms with Crippen molar-refractivity contribution >= 4 is 5.69 Å². The number of hydrogen-bond acceptors (Lipinski definition) is 4. The topological polar surface area (TPSA) is 59.3 Å². The summed E-state index contributed by atoms with van der Waals surface area (Å²) >= 11 is 0. The van der Waals surface area contributed by atoms with Crippen LogP contribution >= 0.6 is 0 Å². The Morgan fingerprint density at radius 1 is 0.919 bits per heavy atom. The fraction of sp³-hybridized carbons (Fsp3) is 0.455. The first-order chi connectivity index (χ1) is 17.9. The van der Waals surface area contributed by atoms with Crippen molar-refractivity contribution in [2.45, 2.75) is 70.9 Å². The van der Waals surface area contributed by atoms with Gasteiger partial charge < -0.3 is 21.1 Å². The summed E-state index contributed by atoms with van der Waals surface area (Å²) < 4.78 is 6.83. The number of nitrogens with two attached hydrogens (primary N) is 1. The first-order valence-corrected chi connectivity index (χ1v) is 14.0. The molecule has 0 bridgehead atoms. The molecule has 2 atom stereocenters. The minimum Gasteiger partial charge on any atom is -0.487 e. The molecule has 2 heterocycles. The lowest BCUT2D eigenvalue weighted by molar-refractivity contribution is 0.0757. The van der Waals surface area contributed by atoms with Crippen LogP contribution in [0.3, 0.4) is 0 Å². The Morgan fingerprint density at radius 3 is 2.11 bits per heavy atom. The maximum Gasteiger partial charge on any atom is 0.127 e. The highest BCUT2D eigenvalue weighted by Crippen LogP contribution is 2.45. The summed E-state index contributed by atoms with van der Waals surface area (Å²) in [5, 5.41) is 7.64. The van der Waals surface area contributed by atoms with Gasteiger partial charge in [-0.25, -0.2) is 0 Å². The van der Waals surface area contributed by atoms with Gasteiger partial charge >= 0.3 is 0 Å². The van der Waals surface area contributed by atoms with Crippen LogP contribution in [0.5, 0.6) is 5.75 Å². The molecule has 2 unspecified atom stereocenters. The molecule has 0 aromatic heterocycles. The monoisotopic (exact) mass is 497 g/mol. The maximum atomic E-state index is 6.83. The van der Waals surface area contributed by atoms with Gasteiger partial charge in [0.2, 0.25) is 0 Å². The molecule has 3 aromatic carbocycles. The largest absolute Gasteiger partial charge is 0.487 e. The SMILES string of the molecule is Cc1c(C)c2c(c(C)c1N)CC(C)(CC(NCC(c1ccccc1)c1ccccc1)C1CCNCC1)O2. The van der Waals surface area contributed by atoms with E-state index in [2.05, 4.69) is 99.0 Å². The molecule has 2 aliphatic heterocycles. The highest BCUT2D eigenvalue weighted by Gasteiger charge is 2.41. The van der Waals surface area contributed by atoms with E-state index in [9.17, 15) is 0 Å². The van der Waals surface area contributed by atoms with Crippen molar-refractivity contribution in [1.29, 1.82) is 0 Å². The average Bonchev–Trinajstić information content (AvgIpc) is 3.29. The Hall–Kier alpha value is -2.82. The lowest BCUT2D eigenvalue weighted by atomic mass is 9.81. The summed E-state index contributed by atoms with van der Waals surface area (Å²) in [6.07, 6.45) is 4.31. The fourth-order valence-corrected chi connectivity index (χ4v) is 6.52. The Bertz CT molecular complexity index is 1120. The van der Waals surface area contributed by atoms with Gasteiger partial charge in [0.25, 0.3) is 0 Å². The maximum absolute atomic E-state index is 6.83. The van der Waals surface area contributed by atoms with Crippen LogP contribution in [0.15, 0.2) is 60.7 Å². The van der Waals surface area contributed by atoms with Crippen LogP contribution in [-0.4, -0.2) is 31.3 Å². The third-order valence-corrected chi connectivity index (χ3v) is 8.93. The second-order valence-electron chi connectivity index (χ2n) is 11.5. The smallest absolute Gasteiger partial charge is 0.127 e. The van der Waals surface area contributed by atoms with Crippen LogP contribution in [-0.2, 0) is 6.42 Å². The molecule has 0 amide bonds. The molecule has 1 saturated heterocycles. The van der Waals surface area contributed by atoms with E-state index in [1.807, 2.05) is 0 Å². The Labute approximate surface area is 223 Å². The molecule has 3 aromatic rings. The average molecular weight is 498 g/mol. The minimum atomic E-state index is -0.240. The lowest BCUT2D eigenvalue weighted by Crippen LogP contribution is -2.48. The molecule has 0 aliphatic carbocycles. The zero-order valence-electron chi connectivity index (χ0n) is 22.9. The molecule has 4 heteroatoms. The predicted molar refractivity (Wildman–Crippen MR) is 155 cm³/mol. The molecular weight excluding hydrogens is 454 g/mol. The molecule has 4 nitrogen and oxygen atoms in total. The van der Waals surface area contributed by atoms with E-state index in [0.717, 1.165) is 49.5 Å². The Morgan fingerprint density at radius 2 is 1.51 bits per heavy atom. The van der Waals surface area contributed by atoms with E-state index in [4.69, 9.17) is 10.5 Å². The van der Waals surface area contributed by atoms with Crippen molar-refractivity contribution in [3.05, 3.63) is 94.0 Å². The summed E-state index contributed by atoms with van der Waals surface area (Å²) in [6, 6.07) is 22.2. The third-order valence-electron chi connectivity index (χ3n) is 8.93. The predicted octanol–water partition coefficient (Wildman–Crippen LogP) is 6.07. The van der Waals surface area contributed by atoms with Gasteiger partial charge in [-0.3, -0.25) is 0 Å². The van der Waals surface area contributed by atoms with Crippen LogP contribution in [0.4, 0.5) is 5.69 Å². The molecule has 1 fully saturated rings. The number of nitrogen functional groups attached to an aromatic ring is 1.